The zero-order chi connectivity index (χ0) is 26.1. The fraction of sp³-hybridized carbons (Fsp3) is 0.167. The fourth-order valence-electron chi connectivity index (χ4n) is 3.29. The number of nitrogens with zero attached hydrogens (tertiary/aromatic N) is 1. The summed E-state index contributed by atoms with van der Waals surface area (Å²) in [5, 5.41) is 0.680. The first-order valence-corrected chi connectivity index (χ1v) is 13.7. The Morgan fingerprint density at radius 3 is 2.47 bits per heavy atom. The highest BCUT2D eigenvalue weighted by atomic mass is 32.2. The summed E-state index contributed by atoms with van der Waals surface area (Å²) in [6.45, 7) is 1.68. The Balaban J connectivity index is 1.43. The summed E-state index contributed by atoms with van der Waals surface area (Å²) in [6.07, 6.45) is -4.42. The molecule has 0 fully saturated rings. The second-order valence-electron chi connectivity index (χ2n) is 7.67. The Morgan fingerprint density at radius 2 is 1.81 bits per heavy atom. The van der Waals surface area contributed by atoms with Gasteiger partial charge >= 0.3 is 12.1 Å². The maximum atomic E-state index is 12.9. The minimum atomic E-state index is -4.42. The highest BCUT2D eigenvalue weighted by Gasteiger charge is 2.30. The van der Waals surface area contributed by atoms with E-state index in [1.54, 1.807) is 31.2 Å². The SMILES string of the molecule is COC(=O)c1cc(S(=O)(=O)Nc2ccc(SCc3nc4cc(C(F)(F)F)ccc4s3)cc2)ccc1C. The van der Waals surface area contributed by atoms with E-state index in [0.29, 0.717) is 32.2 Å². The number of thiazole rings is 1. The number of ether oxygens (including phenoxy) is 1. The number of aromatic nitrogens is 1. The number of alkyl halides is 3. The molecule has 0 aliphatic heterocycles. The third-order valence-corrected chi connectivity index (χ3v) is 8.77. The molecule has 6 nitrogen and oxygen atoms in total. The molecule has 0 spiro atoms. The van der Waals surface area contributed by atoms with Crippen LogP contribution in [0.4, 0.5) is 18.9 Å². The topological polar surface area (TPSA) is 85.4 Å². The minimum absolute atomic E-state index is 0.0727. The molecule has 0 bridgehead atoms. The highest BCUT2D eigenvalue weighted by Crippen LogP contribution is 2.34. The number of hydrogen-bond donors (Lipinski definition) is 1. The molecule has 12 heteroatoms. The lowest BCUT2D eigenvalue weighted by atomic mass is 10.1. The number of nitrogens with one attached hydrogen (secondary N) is 1. The Labute approximate surface area is 213 Å². The van der Waals surface area contributed by atoms with Crippen molar-refractivity contribution >= 4 is 55.0 Å². The molecule has 36 heavy (non-hydrogen) atoms. The van der Waals surface area contributed by atoms with Crippen molar-refractivity contribution in [1.82, 2.24) is 4.98 Å². The third kappa shape index (κ3) is 5.82. The zero-order valence-electron chi connectivity index (χ0n) is 18.9. The van der Waals surface area contributed by atoms with Crippen LogP contribution in [-0.4, -0.2) is 26.5 Å². The molecule has 0 saturated heterocycles. The van der Waals surface area contributed by atoms with Crippen LogP contribution in [0.2, 0.25) is 0 Å². The van der Waals surface area contributed by atoms with Crippen molar-refractivity contribution in [3.8, 4) is 0 Å². The predicted molar refractivity (Wildman–Crippen MR) is 134 cm³/mol. The molecule has 0 aliphatic carbocycles. The molecule has 0 unspecified atom stereocenters. The molecule has 0 amide bonds. The molecular formula is C24H19F3N2O4S3. The van der Waals surface area contributed by atoms with Crippen LogP contribution < -0.4 is 4.72 Å². The second-order valence-corrected chi connectivity index (χ2v) is 11.5. The number of benzene rings is 3. The number of sulfonamides is 1. The van der Waals surface area contributed by atoms with Gasteiger partial charge in [0.25, 0.3) is 10.0 Å². The number of rotatable bonds is 7. The van der Waals surface area contributed by atoms with Gasteiger partial charge in [0.15, 0.2) is 0 Å². The first-order valence-electron chi connectivity index (χ1n) is 10.4. The van der Waals surface area contributed by atoms with Crippen LogP contribution in [0.1, 0.15) is 26.5 Å². The van der Waals surface area contributed by atoms with Crippen molar-refractivity contribution in [3.63, 3.8) is 0 Å². The molecule has 1 aromatic heterocycles. The van der Waals surface area contributed by atoms with Crippen LogP contribution in [0.15, 0.2) is 70.5 Å². The van der Waals surface area contributed by atoms with E-state index in [9.17, 15) is 26.4 Å². The predicted octanol–water partition coefficient (Wildman–Crippen LogP) is 6.50. The van der Waals surface area contributed by atoms with Gasteiger partial charge in [-0.15, -0.1) is 23.1 Å². The van der Waals surface area contributed by atoms with Gasteiger partial charge in [-0.3, -0.25) is 4.72 Å². The molecular weight excluding hydrogens is 533 g/mol. The average molecular weight is 553 g/mol. The Hall–Kier alpha value is -3.09. The highest BCUT2D eigenvalue weighted by molar-refractivity contribution is 7.98. The van der Waals surface area contributed by atoms with Gasteiger partial charge in [0.1, 0.15) is 5.01 Å². The van der Waals surface area contributed by atoms with Crippen molar-refractivity contribution in [2.75, 3.05) is 11.8 Å². The molecule has 0 saturated carbocycles. The Kier molecular flexibility index (Phi) is 7.30. The van der Waals surface area contributed by atoms with Gasteiger partial charge in [0.05, 0.1) is 39.1 Å². The van der Waals surface area contributed by atoms with Crippen LogP contribution in [0.3, 0.4) is 0 Å². The van der Waals surface area contributed by atoms with Crippen molar-refractivity contribution in [2.45, 2.75) is 28.6 Å². The minimum Gasteiger partial charge on any atom is -0.465 e. The monoisotopic (exact) mass is 552 g/mol. The van der Waals surface area contributed by atoms with Crippen molar-refractivity contribution < 1.29 is 31.1 Å². The van der Waals surface area contributed by atoms with Crippen LogP contribution in [-0.2, 0) is 26.7 Å². The van der Waals surface area contributed by atoms with Gasteiger partial charge in [-0.25, -0.2) is 18.2 Å². The lowest BCUT2D eigenvalue weighted by Crippen LogP contribution is -2.14. The number of carbonyl (C=O) groups is 1. The smallest absolute Gasteiger partial charge is 0.416 e. The summed E-state index contributed by atoms with van der Waals surface area (Å²) < 4.78 is 72.2. The van der Waals surface area contributed by atoms with Gasteiger partial charge in [0, 0.05) is 10.6 Å². The number of carbonyl (C=O) groups excluding carboxylic acids is 1. The number of halogens is 3. The van der Waals surface area contributed by atoms with Crippen molar-refractivity contribution in [1.29, 1.82) is 0 Å². The average Bonchev–Trinajstić information content (AvgIpc) is 3.25. The quantitative estimate of drug-likeness (QED) is 0.208. The van der Waals surface area contributed by atoms with Gasteiger partial charge in [0.2, 0.25) is 0 Å². The van der Waals surface area contributed by atoms with E-state index in [2.05, 4.69) is 9.71 Å². The number of hydrogen-bond acceptors (Lipinski definition) is 7. The molecule has 4 rings (SSSR count). The number of fused-ring (bicyclic) bond motifs is 1. The van der Waals surface area contributed by atoms with E-state index in [-0.39, 0.29) is 10.5 Å². The van der Waals surface area contributed by atoms with E-state index >= 15 is 0 Å². The van der Waals surface area contributed by atoms with Gasteiger partial charge in [-0.2, -0.15) is 13.2 Å². The summed E-state index contributed by atoms with van der Waals surface area (Å²) >= 11 is 2.75. The summed E-state index contributed by atoms with van der Waals surface area (Å²) in [7, 11) is -2.72. The van der Waals surface area contributed by atoms with E-state index in [1.165, 1.54) is 54.5 Å². The Bertz CT molecular complexity index is 1530. The number of anilines is 1. The lowest BCUT2D eigenvalue weighted by Gasteiger charge is -2.11. The number of thioether (sulfide) groups is 1. The molecule has 3 aromatic carbocycles. The molecule has 0 aliphatic rings. The normalized spacial score (nSPS) is 12.0. The fourth-order valence-corrected chi connectivity index (χ4v) is 6.21. The van der Waals surface area contributed by atoms with E-state index < -0.39 is 27.7 Å². The summed E-state index contributed by atoms with van der Waals surface area (Å²) in [5.41, 5.74) is 0.665. The summed E-state index contributed by atoms with van der Waals surface area (Å²) in [6, 6.07) is 14.4. The molecule has 0 radical (unpaired) electrons. The zero-order valence-corrected chi connectivity index (χ0v) is 21.4. The molecule has 1 heterocycles. The standard InChI is InChI=1S/C24H19F3N2O4S3/c1-14-3-9-18(12-19(14)23(30)33-2)36(31,32)29-16-5-7-17(8-6-16)34-13-22-28-20-11-15(24(25,26)27)4-10-21(20)35-22/h3-12,29H,13H2,1-2H3. The van der Waals surface area contributed by atoms with E-state index in [1.807, 2.05) is 0 Å². The largest absolute Gasteiger partial charge is 0.465 e. The summed E-state index contributed by atoms with van der Waals surface area (Å²) in [4.78, 5) is 17.0. The van der Waals surface area contributed by atoms with Gasteiger partial charge in [-0.1, -0.05) is 6.07 Å². The number of methoxy groups -OCH3 is 1. The van der Waals surface area contributed by atoms with E-state index in [0.717, 1.165) is 17.0 Å². The molecule has 4 aromatic rings. The van der Waals surface area contributed by atoms with Gasteiger partial charge < -0.3 is 4.74 Å². The maximum absolute atomic E-state index is 12.9. The van der Waals surface area contributed by atoms with Crippen LogP contribution in [0, 0.1) is 6.92 Å². The second kappa shape index (κ2) is 10.1. The Morgan fingerprint density at radius 1 is 1.08 bits per heavy atom. The van der Waals surface area contributed by atoms with Gasteiger partial charge in [-0.05, 0) is 67.1 Å². The maximum Gasteiger partial charge on any atom is 0.416 e. The number of esters is 1. The lowest BCUT2D eigenvalue weighted by molar-refractivity contribution is -0.137. The molecule has 0 atom stereocenters. The van der Waals surface area contributed by atoms with Crippen LogP contribution in [0.25, 0.3) is 10.2 Å². The first kappa shape index (κ1) is 26.0. The van der Waals surface area contributed by atoms with E-state index in [4.69, 9.17) is 4.74 Å². The third-order valence-electron chi connectivity index (χ3n) is 5.15. The molecule has 188 valence electrons. The van der Waals surface area contributed by atoms with Crippen molar-refractivity contribution in [2.24, 2.45) is 0 Å². The summed E-state index contributed by atoms with van der Waals surface area (Å²) in [5.74, 6) is -0.175. The molecule has 1 N–H and O–H groups in total. The van der Waals surface area contributed by atoms with Crippen LogP contribution >= 0.6 is 23.1 Å². The van der Waals surface area contributed by atoms with Crippen molar-refractivity contribution in [3.05, 3.63) is 82.4 Å². The first-order chi connectivity index (χ1) is 17.0. The number of aryl methyl sites for hydroxylation is 1. The van der Waals surface area contributed by atoms with Crippen LogP contribution in [0.5, 0.6) is 0 Å².